The van der Waals surface area contributed by atoms with E-state index in [-0.39, 0.29) is 11.2 Å². The fourth-order valence-corrected chi connectivity index (χ4v) is 3.78. The van der Waals surface area contributed by atoms with Crippen molar-refractivity contribution in [2.45, 2.75) is 32.6 Å². The first kappa shape index (κ1) is 14.5. The smallest absolute Gasteiger partial charge is 0.150 e. The highest BCUT2D eigenvalue weighted by atomic mass is 79.9. The molecule has 0 N–H and O–H groups in total. The minimum absolute atomic E-state index is 0.261. The second-order valence-corrected chi connectivity index (χ2v) is 7.62. The van der Waals surface area contributed by atoms with E-state index < -0.39 is 9.84 Å². The third kappa shape index (κ3) is 4.34. The molecule has 0 radical (unpaired) electrons. The quantitative estimate of drug-likeness (QED) is 0.707. The zero-order valence-electron chi connectivity index (χ0n) is 9.87. The van der Waals surface area contributed by atoms with Crippen molar-refractivity contribution < 1.29 is 13.2 Å². The van der Waals surface area contributed by atoms with E-state index in [2.05, 4.69) is 15.9 Å². The van der Waals surface area contributed by atoms with Crippen molar-refractivity contribution in [1.82, 2.24) is 0 Å². The van der Waals surface area contributed by atoms with Gasteiger partial charge in [0, 0.05) is 24.3 Å². The van der Waals surface area contributed by atoms with Crippen LogP contribution in [0.4, 0.5) is 0 Å². The van der Waals surface area contributed by atoms with Gasteiger partial charge in [-0.3, -0.25) is 0 Å². The molecule has 0 spiro atoms. The Morgan fingerprint density at radius 2 is 1.94 bits per heavy atom. The third-order valence-electron chi connectivity index (χ3n) is 3.44. The maximum Gasteiger partial charge on any atom is 0.150 e. The fraction of sp³-hybridized carbons (Fsp3) is 1.00. The molecule has 0 aliphatic carbocycles. The molecular formula is C11H21BrO3S. The Bertz CT molecular complexity index is 294. The predicted octanol–water partition coefficient (Wildman–Crippen LogP) is 2.39. The third-order valence-corrected chi connectivity index (χ3v) is 6.42. The van der Waals surface area contributed by atoms with Crippen LogP contribution in [0.5, 0.6) is 0 Å². The molecule has 0 aromatic heterocycles. The van der Waals surface area contributed by atoms with E-state index in [1.165, 1.54) is 0 Å². The van der Waals surface area contributed by atoms with Crippen LogP contribution in [0.2, 0.25) is 0 Å². The number of halogens is 1. The van der Waals surface area contributed by atoms with Gasteiger partial charge in [-0.25, -0.2) is 8.42 Å². The van der Waals surface area contributed by atoms with Crippen LogP contribution >= 0.6 is 15.9 Å². The number of hydrogen-bond donors (Lipinski definition) is 0. The molecule has 1 aliphatic heterocycles. The highest BCUT2D eigenvalue weighted by Crippen LogP contribution is 2.37. The lowest BCUT2D eigenvalue weighted by Crippen LogP contribution is -2.31. The minimum Gasteiger partial charge on any atom is -0.381 e. The van der Waals surface area contributed by atoms with Crippen molar-refractivity contribution in [3.05, 3.63) is 0 Å². The van der Waals surface area contributed by atoms with E-state index in [9.17, 15) is 8.42 Å². The summed E-state index contributed by atoms with van der Waals surface area (Å²) in [6.07, 6.45) is 3.86. The molecule has 0 saturated carbocycles. The SMILES string of the molecule is CCS(=O)(=O)CCCC1(CBr)CCOCC1. The molecular weight excluding hydrogens is 292 g/mol. The molecule has 0 unspecified atom stereocenters. The van der Waals surface area contributed by atoms with Crippen LogP contribution in [0, 0.1) is 5.41 Å². The van der Waals surface area contributed by atoms with Crippen LogP contribution in [-0.4, -0.2) is 38.5 Å². The second kappa shape index (κ2) is 6.36. The molecule has 0 aromatic carbocycles. The van der Waals surface area contributed by atoms with Crippen LogP contribution in [0.3, 0.4) is 0 Å². The Morgan fingerprint density at radius 1 is 1.31 bits per heavy atom. The molecule has 5 heteroatoms. The van der Waals surface area contributed by atoms with Crippen LogP contribution in [0.15, 0.2) is 0 Å². The molecule has 1 rings (SSSR count). The fourth-order valence-electron chi connectivity index (χ4n) is 2.07. The average molecular weight is 313 g/mol. The van der Waals surface area contributed by atoms with Gasteiger partial charge in [-0.05, 0) is 31.1 Å². The molecule has 16 heavy (non-hydrogen) atoms. The van der Waals surface area contributed by atoms with Crippen LogP contribution in [0.1, 0.15) is 32.6 Å². The maximum atomic E-state index is 11.4. The summed E-state index contributed by atoms with van der Waals surface area (Å²) in [5.74, 6) is 0.594. The first-order chi connectivity index (χ1) is 7.54. The summed E-state index contributed by atoms with van der Waals surface area (Å²) in [5, 5.41) is 0.954. The summed E-state index contributed by atoms with van der Waals surface area (Å²) in [7, 11) is -2.80. The second-order valence-electron chi connectivity index (χ2n) is 4.59. The molecule has 1 fully saturated rings. The molecule has 0 bridgehead atoms. The Labute approximate surface area is 107 Å². The summed E-state index contributed by atoms with van der Waals surface area (Å²) in [5.41, 5.74) is 0.265. The number of sulfone groups is 1. The number of alkyl halides is 1. The summed E-state index contributed by atoms with van der Waals surface area (Å²) >= 11 is 3.56. The lowest BCUT2D eigenvalue weighted by atomic mass is 9.78. The largest absolute Gasteiger partial charge is 0.381 e. The van der Waals surface area contributed by atoms with Gasteiger partial charge >= 0.3 is 0 Å². The van der Waals surface area contributed by atoms with Crippen molar-refractivity contribution in [2.24, 2.45) is 5.41 Å². The number of ether oxygens (including phenoxy) is 1. The van der Waals surface area contributed by atoms with Crippen LogP contribution in [0.25, 0.3) is 0 Å². The van der Waals surface area contributed by atoms with E-state index in [0.29, 0.717) is 5.75 Å². The lowest BCUT2D eigenvalue weighted by molar-refractivity contribution is 0.0226. The monoisotopic (exact) mass is 312 g/mol. The zero-order valence-corrected chi connectivity index (χ0v) is 12.3. The summed E-state index contributed by atoms with van der Waals surface area (Å²) in [6, 6.07) is 0. The van der Waals surface area contributed by atoms with Gasteiger partial charge in [-0.1, -0.05) is 22.9 Å². The summed E-state index contributed by atoms with van der Waals surface area (Å²) in [4.78, 5) is 0. The van der Waals surface area contributed by atoms with E-state index in [1.807, 2.05) is 0 Å². The maximum absolute atomic E-state index is 11.4. The van der Waals surface area contributed by atoms with Crippen molar-refractivity contribution in [2.75, 3.05) is 30.0 Å². The Hall–Kier alpha value is 0.390. The first-order valence-corrected chi connectivity index (χ1v) is 8.82. The molecule has 0 amide bonds. The van der Waals surface area contributed by atoms with E-state index >= 15 is 0 Å². The van der Waals surface area contributed by atoms with Gasteiger partial charge in [0.1, 0.15) is 9.84 Å². The van der Waals surface area contributed by atoms with Crippen LogP contribution < -0.4 is 0 Å². The van der Waals surface area contributed by atoms with E-state index in [0.717, 1.165) is 44.2 Å². The Kier molecular flexibility index (Phi) is 5.74. The van der Waals surface area contributed by atoms with Crippen molar-refractivity contribution in [3.8, 4) is 0 Å². The molecule has 1 aliphatic rings. The summed E-state index contributed by atoms with van der Waals surface area (Å²) < 4.78 is 28.2. The average Bonchev–Trinajstić information content (AvgIpc) is 2.30. The molecule has 96 valence electrons. The van der Waals surface area contributed by atoms with Gasteiger partial charge in [0.2, 0.25) is 0 Å². The zero-order chi connectivity index (χ0) is 12.1. The number of hydrogen-bond acceptors (Lipinski definition) is 3. The normalized spacial score (nSPS) is 20.9. The van der Waals surface area contributed by atoms with Gasteiger partial charge in [-0.2, -0.15) is 0 Å². The summed E-state index contributed by atoms with van der Waals surface area (Å²) in [6.45, 7) is 3.34. The van der Waals surface area contributed by atoms with Crippen molar-refractivity contribution in [3.63, 3.8) is 0 Å². The predicted molar refractivity (Wildman–Crippen MR) is 69.8 cm³/mol. The Morgan fingerprint density at radius 3 is 2.44 bits per heavy atom. The molecule has 1 heterocycles. The van der Waals surface area contributed by atoms with Crippen molar-refractivity contribution in [1.29, 1.82) is 0 Å². The highest BCUT2D eigenvalue weighted by molar-refractivity contribution is 9.09. The topological polar surface area (TPSA) is 43.4 Å². The standard InChI is InChI=1S/C11H21BrO3S/c1-2-16(13,14)9-3-4-11(10-12)5-7-15-8-6-11/h2-10H2,1H3. The molecule has 0 aromatic rings. The van der Waals surface area contributed by atoms with E-state index in [4.69, 9.17) is 4.74 Å². The molecule has 0 atom stereocenters. The van der Waals surface area contributed by atoms with E-state index in [1.54, 1.807) is 6.92 Å². The highest BCUT2D eigenvalue weighted by Gasteiger charge is 2.31. The number of rotatable bonds is 6. The van der Waals surface area contributed by atoms with Gasteiger partial charge < -0.3 is 4.74 Å². The van der Waals surface area contributed by atoms with Gasteiger partial charge in [-0.15, -0.1) is 0 Å². The van der Waals surface area contributed by atoms with Gasteiger partial charge in [0.15, 0.2) is 0 Å². The van der Waals surface area contributed by atoms with Crippen LogP contribution in [-0.2, 0) is 14.6 Å². The van der Waals surface area contributed by atoms with Crippen molar-refractivity contribution >= 4 is 25.8 Å². The Balaban J connectivity index is 2.39. The van der Waals surface area contributed by atoms with Gasteiger partial charge in [0.05, 0.1) is 5.75 Å². The lowest BCUT2D eigenvalue weighted by Gasteiger charge is -2.35. The first-order valence-electron chi connectivity index (χ1n) is 5.88. The molecule has 3 nitrogen and oxygen atoms in total. The minimum atomic E-state index is -2.80. The van der Waals surface area contributed by atoms with Gasteiger partial charge in [0.25, 0.3) is 0 Å². The molecule has 1 saturated heterocycles.